The summed E-state index contributed by atoms with van der Waals surface area (Å²) in [6, 6.07) is 15.7. The average molecular weight is 348 g/mol. The summed E-state index contributed by atoms with van der Waals surface area (Å²) in [5.74, 6) is -1.12. The lowest BCUT2D eigenvalue weighted by Gasteiger charge is -2.13. The third kappa shape index (κ3) is 3.42. The zero-order chi connectivity index (χ0) is 18.7. The lowest BCUT2D eigenvalue weighted by Crippen LogP contribution is -2.30. The molecule has 0 aliphatic carbocycles. The normalized spacial score (nSPS) is 11.6. The predicted molar refractivity (Wildman–Crippen MR) is 95.6 cm³/mol. The molecule has 2 aromatic carbocycles. The van der Waals surface area contributed by atoms with E-state index in [1.165, 1.54) is 13.0 Å². The van der Waals surface area contributed by atoms with E-state index in [2.05, 4.69) is 5.32 Å². The van der Waals surface area contributed by atoms with Crippen LogP contribution in [-0.4, -0.2) is 18.0 Å². The van der Waals surface area contributed by atoms with E-state index in [9.17, 15) is 9.59 Å². The smallest absolute Gasteiger partial charge is 0.375 e. The molecule has 3 aromatic rings. The van der Waals surface area contributed by atoms with Crippen molar-refractivity contribution < 1.29 is 18.7 Å². The van der Waals surface area contributed by atoms with Crippen molar-refractivity contribution in [1.82, 2.24) is 0 Å². The van der Waals surface area contributed by atoms with E-state index in [1.807, 2.05) is 24.3 Å². The van der Waals surface area contributed by atoms with Gasteiger partial charge in [-0.15, -0.1) is 0 Å². The lowest BCUT2D eigenvalue weighted by molar-refractivity contribution is -0.123. The van der Waals surface area contributed by atoms with Gasteiger partial charge in [-0.1, -0.05) is 24.3 Å². The fraction of sp³-hybridized carbons (Fsp3) is 0.150. The Hall–Kier alpha value is -3.59. The highest BCUT2D eigenvalue weighted by molar-refractivity contribution is 5.99. The molecular weight excluding hydrogens is 332 g/mol. The highest BCUT2D eigenvalue weighted by Gasteiger charge is 2.24. The van der Waals surface area contributed by atoms with Crippen LogP contribution in [0.1, 0.15) is 28.6 Å². The number of aryl methyl sites for hydroxylation is 1. The molecule has 0 saturated heterocycles. The van der Waals surface area contributed by atoms with Gasteiger partial charge >= 0.3 is 5.97 Å². The standard InChI is InChI=1S/C20H16N2O4/c1-12-16-8-3-4-9-17(16)26-18(12)20(24)25-13(2)19(23)22-15-7-5-6-14(10-15)11-21/h3-10,13H,1-2H3,(H,22,23)/t13-/m0/s1. The molecule has 0 saturated carbocycles. The lowest BCUT2D eigenvalue weighted by atomic mass is 10.1. The summed E-state index contributed by atoms with van der Waals surface area (Å²) < 4.78 is 10.8. The number of hydrogen-bond acceptors (Lipinski definition) is 5. The van der Waals surface area contributed by atoms with Crippen LogP contribution in [0.15, 0.2) is 52.9 Å². The van der Waals surface area contributed by atoms with Gasteiger partial charge in [0.1, 0.15) is 5.58 Å². The predicted octanol–water partition coefficient (Wildman–Crippen LogP) is 3.80. The molecule has 1 N–H and O–H groups in total. The molecule has 0 bridgehead atoms. The molecule has 6 heteroatoms. The number of nitriles is 1. The molecule has 3 rings (SSSR count). The van der Waals surface area contributed by atoms with Crippen LogP contribution in [0.5, 0.6) is 0 Å². The Morgan fingerprint density at radius 3 is 2.69 bits per heavy atom. The minimum atomic E-state index is -1.03. The Morgan fingerprint density at radius 1 is 1.19 bits per heavy atom. The number of para-hydroxylation sites is 1. The topological polar surface area (TPSA) is 92.3 Å². The number of ether oxygens (including phenoxy) is 1. The maximum absolute atomic E-state index is 12.4. The first-order valence-electron chi connectivity index (χ1n) is 7.99. The summed E-state index contributed by atoms with van der Waals surface area (Å²) in [5, 5.41) is 12.3. The Morgan fingerprint density at radius 2 is 1.96 bits per heavy atom. The van der Waals surface area contributed by atoms with Crippen molar-refractivity contribution in [2.24, 2.45) is 0 Å². The Kier molecular flexibility index (Phi) is 4.72. The average Bonchev–Trinajstić information content (AvgIpc) is 2.99. The van der Waals surface area contributed by atoms with Crippen LogP contribution in [0.25, 0.3) is 11.0 Å². The molecule has 0 aliphatic heterocycles. The Bertz CT molecular complexity index is 1030. The van der Waals surface area contributed by atoms with Crippen molar-refractivity contribution >= 4 is 28.5 Å². The molecule has 1 aromatic heterocycles. The zero-order valence-corrected chi connectivity index (χ0v) is 14.3. The largest absolute Gasteiger partial charge is 0.449 e. The Balaban J connectivity index is 1.71. The van der Waals surface area contributed by atoms with Crippen molar-refractivity contribution in [2.75, 3.05) is 5.32 Å². The van der Waals surface area contributed by atoms with Crippen LogP contribution >= 0.6 is 0 Å². The van der Waals surface area contributed by atoms with E-state index in [0.29, 0.717) is 22.4 Å². The quantitative estimate of drug-likeness (QED) is 0.724. The first kappa shape index (κ1) is 17.2. The van der Waals surface area contributed by atoms with Gasteiger partial charge in [-0.2, -0.15) is 5.26 Å². The third-order valence-corrected chi connectivity index (χ3v) is 3.94. The first-order chi connectivity index (χ1) is 12.5. The van der Waals surface area contributed by atoms with Crippen LogP contribution in [0, 0.1) is 18.3 Å². The SMILES string of the molecule is Cc1c(C(=O)O[C@@H](C)C(=O)Nc2cccc(C#N)c2)oc2ccccc12. The number of anilines is 1. The van der Waals surface area contributed by atoms with E-state index >= 15 is 0 Å². The molecule has 1 heterocycles. The summed E-state index contributed by atoms with van der Waals surface area (Å²) in [4.78, 5) is 24.6. The van der Waals surface area contributed by atoms with Gasteiger partial charge in [0.05, 0.1) is 11.6 Å². The molecule has 0 radical (unpaired) electrons. The highest BCUT2D eigenvalue weighted by atomic mass is 16.6. The minimum Gasteiger partial charge on any atom is -0.449 e. The van der Waals surface area contributed by atoms with Gasteiger partial charge in [0.25, 0.3) is 5.91 Å². The zero-order valence-electron chi connectivity index (χ0n) is 14.3. The monoisotopic (exact) mass is 348 g/mol. The molecule has 0 fully saturated rings. The number of amides is 1. The molecule has 0 aliphatic rings. The fourth-order valence-electron chi connectivity index (χ4n) is 2.55. The van der Waals surface area contributed by atoms with Crippen LogP contribution < -0.4 is 5.32 Å². The molecular formula is C20H16N2O4. The van der Waals surface area contributed by atoms with Gasteiger partial charge in [-0.3, -0.25) is 4.79 Å². The van der Waals surface area contributed by atoms with Crippen molar-refractivity contribution in [2.45, 2.75) is 20.0 Å². The molecule has 6 nitrogen and oxygen atoms in total. The molecule has 130 valence electrons. The van der Waals surface area contributed by atoms with Gasteiger partial charge in [-0.25, -0.2) is 4.79 Å². The summed E-state index contributed by atoms with van der Waals surface area (Å²) in [6.45, 7) is 3.24. The number of benzene rings is 2. The van der Waals surface area contributed by atoms with Crippen LogP contribution in [0.2, 0.25) is 0 Å². The fourth-order valence-corrected chi connectivity index (χ4v) is 2.55. The van der Waals surface area contributed by atoms with Crippen molar-refractivity contribution in [1.29, 1.82) is 5.26 Å². The van der Waals surface area contributed by atoms with E-state index in [0.717, 1.165) is 5.39 Å². The molecule has 26 heavy (non-hydrogen) atoms. The number of carbonyl (C=O) groups is 2. The number of fused-ring (bicyclic) bond motifs is 1. The van der Waals surface area contributed by atoms with Crippen LogP contribution in [0.3, 0.4) is 0 Å². The highest BCUT2D eigenvalue weighted by Crippen LogP contribution is 2.25. The molecule has 0 spiro atoms. The molecule has 0 unspecified atom stereocenters. The second-order valence-corrected chi connectivity index (χ2v) is 5.78. The first-order valence-corrected chi connectivity index (χ1v) is 7.99. The van der Waals surface area contributed by atoms with Crippen molar-refractivity contribution in [3.05, 3.63) is 65.4 Å². The van der Waals surface area contributed by atoms with Gasteiger partial charge in [0, 0.05) is 16.6 Å². The van der Waals surface area contributed by atoms with E-state index < -0.39 is 18.0 Å². The summed E-state index contributed by atoms with van der Waals surface area (Å²) in [5.41, 5.74) is 2.13. The number of rotatable bonds is 4. The van der Waals surface area contributed by atoms with E-state index in [4.69, 9.17) is 14.4 Å². The maximum Gasteiger partial charge on any atom is 0.375 e. The molecule has 1 atom stereocenters. The maximum atomic E-state index is 12.4. The van der Waals surface area contributed by atoms with Gasteiger partial charge < -0.3 is 14.5 Å². The van der Waals surface area contributed by atoms with E-state index in [1.54, 1.807) is 31.2 Å². The van der Waals surface area contributed by atoms with Crippen molar-refractivity contribution in [3.8, 4) is 6.07 Å². The van der Waals surface area contributed by atoms with Gasteiger partial charge in [-0.05, 0) is 38.1 Å². The summed E-state index contributed by atoms with van der Waals surface area (Å²) in [7, 11) is 0. The number of furan rings is 1. The van der Waals surface area contributed by atoms with Gasteiger partial charge in [0.2, 0.25) is 5.76 Å². The van der Waals surface area contributed by atoms with Crippen molar-refractivity contribution in [3.63, 3.8) is 0 Å². The van der Waals surface area contributed by atoms with Crippen LogP contribution in [-0.2, 0) is 9.53 Å². The minimum absolute atomic E-state index is 0.0809. The number of carbonyl (C=O) groups excluding carboxylic acids is 2. The second-order valence-electron chi connectivity index (χ2n) is 5.78. The number of nitrogens with one attached hydrogen (secondary N) is 1. The van der Waals surface area contributed by atoms with Gasteiger partial charge in [0.15, 0.2) is 6.10 Å². The number of esters is 1. The number of hydrogen-bond donors (Lipinski definition) is 1. The molecule has 1 amide bonds. The summed E-state index contributed by atoms with van der Waals surface area (Å²) >= 11 is 0. The number of nitrogens with zero attached hydrogens (tertiary/aromatic N) is 1. The summed E-state index contributed by atoms with van der Waals surface area (Å²) in [6.07, 6.45) is -1.03. The Labute approximate surface area is 150 Å². The van der Waals surface area contributed by atoms with Crippen LogP contribution in [0.4, 0.5) is 5.69 Å². The third-order valence-electron chi connectivity index (χ3n) is 3.94. The van der Waals surface area contributed by atoms with E-state index in [-0.39, 0.29) is 5.76 Å². The second kappa shape index (κ2) is 7.11.